The van der Waals surface area contributed by atoms with E-state index in [2.05, 4.69) is 15.3 Å². The van der Waals surface area contributed by atoms with E-state index < -0.39 is 0 Å². The van der Waals surface area contributed by atoms with Crippen LogP contribution in [0.4, 0.5) is 5.82 Å². The SMILES string of the molecule is COc1cccc(CNc2nc3ccncc3n(C(C)C)c2=O)c1. The van der Waals surface area contributed by atoms with Gasteiger partial charge in [0, 0.05) is 18.8 Å². The summed E-state index contributed by atoms with van der Waals surface area (Å²) in [5.41, 5.74) is 2.35. The van der Waals surface area contributed by atoms with Crippen LogP contribution in [0.25, 0.3) is 11.0 Å². The largest absolute Gasteiger partial charge is 0.497 e. The maximum absolute atomic E-state index is 12.8. The standard InChI is InChI=1S/C18H20N4O2/c1-12(2)22-16-11-19-8-7-15(16)21-17(18(22)23)20-10-13-5-4-6-14(9-13)24-3/h4-9,11-12H,10H2,1-3H3,(H,20,21). The number of pyridine rings is 1. The molecule has 124 valence electrons. The van der Waals surface area contributed by atoms with Gasteiger partial charge < -0.3 is 10.1 Å². The Morgan fingerprint density at radius 3 is 2.88 bits per heavy atom. The lowest BCUT2D eigenvalue weighted by molar-refractivity contribution is 0.414. The van der Waals surface area contributed by atoms with E-state index in [1.54, 1.807) is 24.1 Å². The van der Waals surface area contributed by atoms with E-state index in [-0.39, 0.29) is 11.6 Å². The number of nitrogens with one attached hydrogen (secondary N) is 1. The molecule has 3 rings (SSSR count). The second-order valence-corrected chi connectivity index (χ2v) is 5.80. The quantitative estimate of drug-likeness (QED) is 0.781. The predicted molar refractivity (Wildman–Crippen MR) is 94.5 cm³/mol. The van der Waals surface area contributed by atoms with E-state index in [0.29, 0.717) is 12.4 Å². The number of aromatic nitrogens is 3. The van der Waals surface area contributed by atoms with Crippen molar-refractivity contribution in [1.29, 1.82) is 0 Å². The Morgan fingerprint density at radius 1 is 1.29 bits per heavy atom. The number of hydrogen-bond acceptors (Lipinski definition) is 5. The molecule has 2 aromatic heterocycles. The fourth-order valence-electron chi connectivity index (χ4n) is 2.65. The fourth-order valence-corrected chi connectivity index (χ4v) is 2.65. The Labute approximate surface area is 140 Å². The van der Waals surface area contributed by atoms with Crippen molar-refractivity contribution in [3.63, 3.8) is 0 Å². The summed E-state index contributed by atoms with van der Waals surface area (Å²) in [6.07, 6.45) is 3.35. The average Bonchev–Trinajstić information content (AvgIpc) is 2.59. The molecule has 0 saturated carbocycles. The average molecular weight is 324 g/mol. The van der Waals surface area contributed by atoms with Crippen LogP contribution in [0.3, 0.4) is 0 Å². The van der Waals surface area contributed by atoms with Crippen molar-refractivity contribution in [2.45, 2.75) is 26.4 Å². The molecule has 0 aliphatic heterocycles. The number of benzene rings is 1. The highest BCUT2D eigenvalue weighted by Gasteiger charge is 2.13. The van der Waals surface area contributed by atoms with Gasteiger partial charge in [-0.05, 0) is 37.6 Å². The molecule has 0 aliphatic carbocycles. The Kier molecular flexibility index (Phi) is 4.46. The molecule has 0 spiro atoms. The minimum atomic E-state index is -0.145. The van der Waals surface area contributed by atoms with Crippen LogP contribution in [0.2, 0.25) is 0 Å². The third-order valence-corrected chi connectivity index (χ3v) is 3.80. The van der Waals surface area contributed by atoms with Crippen LogP contribution in [-0.4, -0.2) is 21.6 Å². The first-order valence-corrected chi connectivity index (χ1v) is 7.83. The first-order valence-electron chi connectivity index (χ1n) is 7.83. The van der Waals surface area contributed by atoms with Gasteiger partial charge in [-0.1, -0.05) is 12.1 Å². The first kappa shape index (κ1) is 16.0. The molecule has 0 unspecified atom stereocenters. The lowest BCUT2D eigenvalue weighted by atomic mass is 10.2. The second-order valence-electron chi connectivity index (χ2n) is 5.80. The molecular weight excluding hydrogens is 304 g/mol. The zero-order valence-electron chi connectivity index (χ0n) is 14.0. The second kappa shape index (κ2) is 6.70. The van der Waals surface area contributed by atoms with E-state index in [0.717, 1.165) is 22.3 Å². The van der Waals surface area contributed by atoms with Crippen LogP contribution in [0.5, 0.6) is 5.75 Å². The molecule has 1 N–H and O–H groups in total. The highest BCUT2D eigenvalue weighted by Crippen LogP contribution is 2.16. The van der Waals surface area contributed by atoms with E-state index in [4.69, 9.17) is 4.74 Å². The van der Waals surface area contributed by atoms with Gasteiger partial charge in [-0.15, -0.1) is 0 Å². The van der Waals surface area contributed by atoms with Crippen molar-refractivity contribution in [1.82, 2.24) is 14.5 Å². The topological polar surface area (TPSA) is 69.0 Å². The van der Waals surface area contributed by atoms with E-state index in [1.165, 1.54) is 0 Å². The molecule has 0 fully saturated rings. The number of hydrogen-bond donors (Lipinski definition) is 1. The Hall–Kier alpha value is -2.89. The van der Waals surface area contributed by atoms with Crippen LogP contribution < -0.4 is 15.6 Å². The number of anilines is 1. The van der Waals surface area contributed by atoms with Gasteiger partial charge in [0.25, 0.3) is 5.56 Å². The highest BCUT2D eigenvalue weighted by atomic mass is 16.5. The van der Waals surface area contributed by atoms with Crippen LogP contribution in [-0.2, 0) is 6.54 Å². The van der Waals surface area contributed by atoms with Crippen LogP contribution in [0.15, 0.2) is 47.5 Å². The van der Waals surface area contributed by atoms with Gasteiger partial charge in [-0.3, -0.25) is 14.3 Å². The van der Waals surface area contributed by atoms with Gasteiger partial charge >= 0.3 is 0 Å². The van der Waals surface area contributed by atoms with E-state index in [9.17, 15) is 4.79 Å². The van der Waals surface area contributed by atoms with E-state index >= 15 is 0 Å². The van der Waals surface area contributed by atoms with Crippen LogP contribution in [0.1, 0.15) is 25.5 Å². The molecule has 2 heterocycles. The van der Waals surface area contributed by atoms with Crippen LogP contribution >= 0.6 is 0 Å². The third kappa shape index (κ3) is 3.08. The molecule has 24 heavy (non-hydrogen) atoms. The van der Waals surface area contributed by atoms with Crippen molar-refractivity contribution in [3.05, 3.63) is 58.6 Å². The molecule has 0 radical (unpaired) electrons. The number of rotatable bonds is 5. The van der Waals surface area contributed by atoms with Crippen molar-refractivity contribution < 1.29 is 4.74 Å². The summed E-state index contributed by atoms with van der Waals surface area (Å²) < 4.78 is 6.93. The molecule has 0 amide bonds. The zero-order valence-corrected chi connectivity index (χ0v) is 14.0. The van der Waals surface area contributed by atoms with Gasteiger partial charge in [0.05, 0.1) is 24.3 Å². The summed E-state index contributed by atoms with van der Waals surface area (Å²) in [6.45, 7) is 4.44. The summed E-state index contributed by atoms with van der Waals surface area (Å²) in [5.74, 6) is 1.12. The Bertz CT molecular complexity index is 918. The Morgan fingerprint density at radius 2 is 2.12 bits per heavy atom. The Balaban J connectivity index is 1.97. The van der Waals surface area contributed by atoms with Gasteiger partial charge in [0.2, 0.25) is 0 Å². The molecule has 0 atom stereocenters. The molecular formula is C18H20N4O2. The third-order valence-electron chi connectivity index (χ3n) is 3.80. The minimum absolute atomic E-state index is 0.0181. The highest BCUT2D eigenvalue weighted by molar-refractivity contribution is 5.75. The first-order chi connectivity index (χ1) is 11.6. The maximum Gasteiger partial charge on any atom is 0.294 e. The summed E-state index contributed by atoms with van der Waals surface area (Å²) >= 11 is 0. The molecule has 6 nitrogen and oxygen atoms in total. The maximum atomic E-state index is 12.8. The fraction of sp³-hybridized carbons (Fsp3) is 0.278. The lowest BCUT2D eigenvalue weighted by Crippen LogP contribution is -2.26. The summed E-state index contributed by atoms with van der Waals surface area (Å²) in [7, 11) is 1.63. The number of fused-ring (bicyclic) bond motifs is 1. The van der Waals surface area contributed by atoms with Crippen molar-refractivity contribution in [2.24, 2.45) is 0 Å². The number of ether oxygens (including phenoxy) is 1. The number of nitrogens with zero attached hydrogens (tertiary/aromatic N) is 3. The monoisotopic (exact) mass is 324 g/mol. The lowest BCUT2D eigenvalue weighted by Gasteiger charge is -2.15. The minimum Gasteiger partial charge on any atom is -0.497 e. The van der Waals surface area contributed by atoms with Crippen molar-refractivity contribution in [3.8, 4) is 5.75 Å². The normalized spacial score (nSPS) is 11.0. The van der Waals surface area contributed by atoms with Gasteiger partial charge in [0.1, 0.15) is 5.75 Å². The molecule has 3 aromatic rings. The molecule has 1 aromatic carbocycles. The summed E-state index contributed by atoms with van der Waals surface area (Å²) in [6, 6.07) is 9.54. The van der Waals surface area contributed by atoms with Gasteiger partial charge in [-0.25, -0.2) is 4.98 Å². The smallest absolute Gasteiger partial charge is 0.294 e. The van der Waals surface area contributed by atoms with E-state index in [1.807, 2.05) is 44.2 Å². The molecule has 0 bridgehead atoms. The molecule has 0 saturated heterocycles. The van der Waals surface area contributed by atoms with Crippen molar-refractivity contribution >= 4 is 16.9 Å². The summed E-state index contributed by atoms with van der Waals surface area (Å²) in [5, 5.41) is 3.15. The van der Waals surface area contributed by atoms with Gasteiger partial charge in [-0.2, -0.15) is 0 Å². The molecule has 6 heteroatoms. The number of methoxy groups -OCH3 is 1. The van der Waals surface area contributed by atoms with Crippen molar-refractivity contribution in [2.75, 3.05) is 12.4 Å². The summed E-state index contributed by atoms with van der Waals surface area (Å²) in [4.78, 5) is 21.3. The van der Waals surface area contributed by atoms with Crippen LogP contribution in [0, 0.1) is 0 Å². The van der Waals surface area contributed by atoms with Gasteiger partial charge in [0.15, 0.2) is 5.82 Å². The molecule has 0 aliphatic rings. The zero-order chi connectivity index (χ0) is 17.1. The predicted octanol–water partition coefficient (Wildman–Crippen LogP) is 2.99.